The van der Waals surface area contributed by atoms with Crippen molar-refractivity contribution in [1.82, 2.24) is 5.16 Å². The third-order valence-corrected chi connectivity index (χ3v) is 8.34. The van der Waals surface area contributed by atoms with Gasteiger partial charge in [0.05, 0.1) is 35.1 Å². The Morgan fingerprint density at radius 1 is 1.34 bits per heavy atom. The third kappa shape index (κ3) is 5.01. The number of rotatable bonds is 7. The number of esters is 1. The van der Waals surface area contributed by atoms with E-state index in [1.807, 2.05) is 13.8 Å². The van der Waals surface area contributed by atoms with E-state index in [4.69, 9.17) is 9.26 Å². The minimum atomic E-state index is -3.19. The highest BCUT2D eigenvalue weighted by Gasteiger charge is 2.32. The number of aromatic nitrogens is 1. The van der Waals surface area contributed by atoms with E-state index in [1.165, 1.54) is 11.8 Å². The van der Waals surface area contributed by atoms with E-state index in [2.05, 4.69) is 10.5 Å². The molecule has 0 atom stereocenters. The fourth-order valence-electron chi connectivity index (χ4n) is 3.05. The van der Waals surface area contributed by atoms with Crippen molar-refractivity contribution in [2.45, 2.75) is 38.7 Å². The minimum absolute atomic E-state index is 0.0101. The Balaban J connectivity index is 1.73. The van der Waals surface area contributed by atoms with Crippen LogP contribution in [0.15, 0.2) is 4.52 Å². The van der Waals surface area contributed by atoms with Gasteiger partial charge in [-0.2, -0.15) is 0 Å². The Kier molecular flexibility index (Phi) is 6.69. The van der Waals surface area contributed by atoms with Crippen molar-refractivity contribution in [2.24, 2.45) is 0 Å². The van der Waals surface area contributed by atoms with Crippen LogP contribution < -0.4 is 5.32 Å². The molecule has 0 saturated heterocycles. The molecule has 1 aliphatic rings. The van der Waals surface area contributed by atoms with Crippen LogP contribution >= 0.6 is 23.1 Å². The molecule has 8 nitrogen and oxygen atoms in total. The van der Waals surface area contributed by atoms with Gasteiger partial charge in [0.1, 0.15) is 10.8 Å². The molecule has 3 rings (SSSR count). The summed E-state index contributed by atoms with van der Waals surface area (Å²) in [5.74, 6) is 0.551. The first-order valence-electron chi connectivity index (χ1n) is 9.03. The van der Waals surface area contributed by atoms with Gasteiger partial charge in [0.15, 0.2) is 9.84 Å². The van der Waals surface area contributed by atoms with Crippen LogP contribution in [0.5, 0.6) is 0 Å². The number of carbonyl (C=O) groups excluding carboxylic acids is 2. The fourth-order valence-corrected chi connectivity index (χ4v) is 7.08. The Labute approximate surface area is 177 Å². The standard InChI is InChI=1S/C18H22N2O6S3/c1-4-25-18(22)16-12-5-6-29(23,24)9-14(12)28-17(16)19-15(21)8-27-7-13-10(2)20-26-11(13)3/h4-9H2,1-3H3,(H,19,21). The average molecular weight is 459 g/mol. The van der Waals surface area contributed by atoms with Crippen molar-refractivity contribution in [3.63, 3.8) is 0 Å². The van der Waals surface area contributed by atoms with Gasteiger partial charge in [-0.15, -0.1) is 23.1 Å². The van der Waals surface area contributed by atoms with Gasteiger partial charge in [0.25, 0.3) is 0 Å². The number of anilines is 1. The number of ether oxygens (including phenoxy) is 1. The molecule has 0 saturated carbocycles. The molecular weight excluding hydrogens is 436 g/mol. The molecule has 0 unspecified atom stereocenters. The van der Waals surface area contributed by atoms with E-state index >= 15 is 0 Å². The second-order valence-electron chi connectivity index (χ2n) is 6.61. The van der Waals surface area contributed by atoms with E-state index in [0.717, 1.165) is 28.4 Å². The van der Waals surface area contributed by atoms with Gasteiger partial charge >= 0.3 is 5.97 Å². The van der Waals surface area contributed by atoms with E-state index in [1.54, 1.807) is 6.92 Å². The Hall–Kier alpha value is -1.85. The molecule has 1 amide bonds. The SMILES string of the molecule is CCOC(=O)c1c(NC(=O)CSCc2c(C)noc2C)sc2c1CCS(=O)(=O)C2. The first-order valence-corrected chi connectivity index (χ1v) is 12.8. The molecule has 0 radical (unpaired) electrons. The highest BCUT2D eigenvalue weighted by atomic mass is 32.2. The smallest absolute Gasteiger partial charge is 0.341 e. The first-order chi connectivity index (χ1) is 13.7. The number of hydrogen-bond acceptors (Lipinski definition) is 9. The number of nitrogens with one attached hydrogen (secondary N) is 1. The summed E-state index contributed by atoms with van der Waals surface area (Å²) in [6, 6.07) is 0. The number of thiophene rings is 1. The summed E-state index contributed by atoms with van der Waals surface area (Å²) in [5.41, 5.74) is 2.71. The van der Waals surface area contributed by atoms with E-state index in [9.17, 15) is 18.0 Å². The molecule has 0 spiro atoms. The molecule has 2 aromatic rings. The molecule has 1 aliphatic heterocycles. The number of amides is 1. The maximum Gasteiger partial charge on any atom is 0.341 e. The van der Waals surface area contributed by atoms with Crippen molar-refractivity contribution in [1.29, 1.82) is 0 Å². The molecule has 2 aromatic heterocycles. The largest absolute Gasteiger partial charge is 0.462 e. The number of aryl methyl sites for hydroxylation is 2. The topological polar surface area (TPSA) is 116 Å². The van der Waals surface area contributed by atoms with Crippen molar-refractivity contribution in [2.75, 3.05) is 23.4 Å². The summed E-state index contributed by atoms with van der Waals surface area (Å²) >= 11 is 2.54. The van der Waals surface area contributed by atoms with Crippen molar-refractivity contribution in [3.05, 3.63) is 33.0 Å². The maximum atomic E-state index is 12.4. The molecule has 0 aliphatic carbocycles. The highest BCUT2D eigenvalue weighted by molar-refractivity contribution is 7.99. The van der Waals surface area contributed by atoms with E-state index in [0.29, 0.717) is 21.2 Å². The second-order valence-corrected chi connectivity index (χ2v) is 10.9. The normalized spacial score (nSPS) is 15.0. The monoisotopic (exact) mass is 458 g/mol. The summed E-state index contributed by atoms with van der Waals surface area (Å²) in [4.78, 5) is 25.5. The molecule has 0 bridgehead atoms. The fraction of sp³-hybridized carbons (Fsp3) is 0.500. The van der Waals surface area contributed by atoms with Crippen molar-refractivity contribution < 1.29 is 27.3 Å². The Morgan fingerprint density at radius 3 is 2.76 bits per heavy atom. The number of fused-ring (bicyclic) bond motifs is 1. The third-order valence-electron chi connectivity index (χ3n) is 4.50. The molecule has 0 aromatic carbocycles. The molecule has 29 heavy (non-hydrogen) atoms. The zero-order chi connectivity index (χ0) is 21.2. The lowest BCUT2D eigenvalue weighted by Crippen LogP contribution is -2.20. The van der Waals surface area contributed by atoms with Crippen LogP contribution in [-0.4, -0.2) is 43.6 Å². The minimum Gasteiger partial charge on any atom is -0.462 e. The summed E-state index contributed by atoms with van der Waals surface area (Å²) in [6.07, 6.45) is 0.249. The van der Waals surface area contributed by atoms with Gasteiger partial charge in [0, 0.05) is 16.2 Å². The predicted molar refractivity (Wildman–Crippen MR) is 112 cm³/mol. The van der Waals surface area contributed by atoms with Crippen molar-refractivity contribution >= 4 is 49.8 Å². The summed E-state index contributed by atoms with van der Waals surface area (Å²) in [5, 5.41) is 7.01. The van der Waals surface area contributed by atoms with Gasteiger partial charge in [-0.1, -0.05) is 5.16 Å². The van der Waals surface area contributed by atoms with Crippen LogP contribution in [-0.2, 0) is 37.3 Å². The van der Waals surface area contributed by atoms with Crippen LogP contribution in [0.25, 0.3) is 0 Å². The second kappa shape index (κ2) is 8.88. The van der Waals surface area contributed by atoms with Crippen LogP contribution in [0.3, 0.4) is 0 Å². The molecule has 3 heterocycles. The number of nitrogens with zero attached hydrogens (tertiary/aromatic N) is 1. The summed E-state index contributed by atoms with van der Waals surface area (Å²) in [7, 11) is -3.19. The molecule has 1 N–H and O–H groups in total. The predicted octanol–water partition coefficient (Wildman–Crippen LogP) is 2.87. The van der Waals surface area contributed by atoms with Gasteiger partial charge in [-0.25, -0.2) is 13.2 Å². The van der Waals surface area contributed by atoms with Crippen LogP contribution in [0.4, 0.5) is 5.00 Å². The number of hydrogen-bond donors (Lipinski definition) is 1. The van der Waals surface area contributed by atoms with Crippen LogP contribution in [0.2, 0.25) is 0 Å². The molecule has 0 fully saturated rings. The lowest BCUT2D eigenvalue weighted by atomic mass is 10.1. The first kappa shape index (κ1) is 21.8. The van der Waals surface area contributed by atoms with E-state index in [-0.39, 0.29) is 41.8 Å². The maximum absolute atomic E-state index is 12.4. The van der Waals surface area contributed by atoms with Gasteiger partial charge in [0.2, 0.25) is 5.91 Å². The molecule has 11 heteroatoms. The summed E-state index contributed by atoms with van der Waals surface area (Å²) in [6.45, 7) is 5.57. The van der Waals surface area contributed by atoms with Crippen LogP contribution in [0, 0.1) is 13.8 Å². The molecule has 158 valence electrons. The lowest BCUT2D eigenvalue weighted by molar-refractivity contribution is -0.113. The summed E-state index contributed by atoms with van der Waals surface area (Å²) < 4.78 is 34.1. The lowest BCUT2D eigenvalue weighted by Gasteiger charge is -2.13. The molecular formula is C18H22N2O6S3. The van der Waals surface area contributed by atoms with Gasteiger partial charge in [-0.05, 0) is 32.8 Å². The zero-order valence-corrected chi connectivity index (χ0v) is 18.8. The van der Waals surface area contributed by atoms with Crippen molar-refractivity contribution in [3.8, 4) is 0 Å². The van der Waals surface area contributed by atoms with Gasteiger partial charge < -0.3 is 14.6 Å². The number of thioether (sulfide) groups is 1. The quantitative estimate of drug-likeness (QED) is 0.630. The van der Waals surface area contributed by atoms with Crippen LogP contribution in [0.1, 0.15) is 44.7 Å². The highest BCUT2D eigenvalue weighted by Crippen LogP contribution is 2.38. The number of carbonyl (C=O) groups is 2. The van der Waals surface area contributed by atoms with E-state index < -0.39 is 15.8 Å². The Morgan fingerprint density at radius 2 is 2.10 bits per heavy atom. The zero-order valence-electron chi connectivity index (χ0n) is 16.4. The average Bonchev–Trinajstić information content (AvgIpc) is 3.14. The Bertz CT molecular complexity index is 1020. The van der Waals surface area contributed by atoms with Gasteiger partial charge in [-0.3, -0.25) is 4.79 Å². The number of sulfone groups is 1.